The summed E-state index contributed by atoms with van der Waals surface area (Å²) >= 11 is 0. The number of halogens is 1. The number of carbonyl (C=O) groups is 1. The monoisotopic (exact) mass is 210 g/mol. The summed E-state index contributed by atoms with van der Waals surface area (Å²) in [6.07, 6.45) is 2.05. The van der Waals surface area contributed by atoms with Crippen LogP contribution in [0.1, 0.15) is 6.42 Å². The van der Waals surface area contributed by atoms with Gasteiger partial charge in [-0.3, -0.25) is 4.79 Å². The number of aliphatic carboxylic acids is 1. The van der Waals surface area contributed by atoms with Gasteiger partial charge in [-0.25, -0.2) is 9.37 Å². The highest BCUT2D eigenvalue weighted by Crippen LogP contribution is 2.23. The molecule has 1 aromatic heterocycles. The number of hydrogen-bond donors (Lipinski definition) is 1. The molecule has 1 unspecified atom stereocenters. The maximum absolute atomic E-state index is 13.3. The van der Waals surface area contributed by atoms with Crippen LogP contribution in [-0.2, 0) is 4.79 Å². The van der Waals surface area contributed by atoms with Crippen LogP contribution in [0.15, 0.2) is 18.3 Å². The Labute approximate surface area is 86.4 Å². The molecule has 5 heteroatoms. The Bertz CT molecular complexity index is 383. The van der Waals surface area contributed by atoms with Crippen molar-refractivity contribution in [2.24, 2.45) is 5.92 Å². The van der Waals surface area contributed by atoms with Crippen LogP contribution in [-0.4, -0.2) is 29.1 Å². The van der Waals surface area contributed by atoms with E-state index in [1.54, 1.807) is 4.90 Å². The molecule has 0 aliphatic carbocycles. The summed E-state index contributed by atoms with van der Waals surface area (Å²) < 4.78 is 13.3. The zero-order chi connectivity index (χ0) is 10.8. The van der Waals surface area contributed by atoms with Gasteiger partial charge in [0.2, 0.25) is 0 Å². The molecule has 1 N–H and O–H groups in total. The van der Waals surface area contributed by atoms with Crippen LogP contribution in [0.3, 0.4) is 0 Å². The van der Waals surface area contributed by atoms with E-state index in [0.29, 0.717) is 19.5 Å². The number of pyridine rings is 1. The molecule has 1 aromatic rings. The highest BCUT2D eigenvalue weighted by atomic mass is 19.1. The molecule has 2 rings (SSSR count). The average molecular weight is 210 g/mol. The van der Waals surface area contributed by atoms with Gasteiger partial charge in [0, 0.05) is 19.3 Å². The molecule has 1 aliphatic rings. The minimum absolute atomic E-state index is 0.251. The van der Waals surface area contributed by atoms with E-state index >= 15 is 0 Å². The normalized spacial score (nSPS) is 20.6. The first-order valence-electron chi connectivity index (χ1n) is 4.77. The Morgan fingerprint density at radius 1 is 1.67 bits per heavy atom. The van der Waals surface area contributed by atoms with E-state index in [4.69, 9.17) is 5.11 Å². The third kappa shape index (κ3) is 1.91. The van der Waals surface area contributed by atoms with Crippen molar-refractivity contribution < 1.29 is 14.3 Å². The van der Waals surface area contributed by atoms with E-state index in [-0.39, 0.29) is 5.82 Å². The standard InChI is InChI=1S/C10H11FN2O2/c11-8-2-1-4-12-9(8)13-5-3-7(6-13)10(14)15/h1-2,4,7H,3,5-6H2,(H,14,15). The molecule has 0 bridgehead atoms. The molecule has 0 spiro atoms. The van der Waals surface area contributed by atoms with Crippen molar-refractivity contribution in [2.75, 3.05) is 18.0 Å². The molecule has 0 aromatic carbocycles. The van der Waals surface area contributed by atoms with Crippen LogP contribution < -0.4 is 4.90 Å². The second-order valence-electron chi connectivity index (χ2n) is 3.58. The van der Waals surface area contributed by atoms with Crippen LogP contribution in [0, 0.1) is 11.7 Å². The smallest absolute Gasteiger partial charge is 0.308 e. The molecule has 0 radical (unpaired) electrons. The van der Waals surface area contributed by atoms with E-state index in [9.17, 15) is 9.18 Å². The Balaban J connectivity index is 2.14. The molecular weight excluding hydrogens is 199 g/mol. The van der Waals surface area contributed by atoms with Crippen molar-refractivity contribution >= 4 is 11.8 Å². The van der Waals surface area contributed by atoms with Gasteiger partial charge in [-0.2, -0.15) is 0 Å². The quantitative estimate of drug-likeness (QED) is 0.795. The zero-order valence-corrected chi connectivity index (χ0v) is 8.06. The molecule has 1 fully saturated rings. The number of carboxylic acids is 1. The van der Waals surface area contributed by atoms with Crippen LogP contribution in [0.25, 0.3) is 0 Å². The van der Waals surface area contributed by atoms with Gasteiger partial charge < -0.3 is 10.0 Å². The summed E-state index contributed by atoms with van der Waals surface area (Å²) in [6, 6.07) is 2.85. The van der Waals surface area contributed by atoms with Gasteiger partial charge in [-0.05, 0) is 18.6 Å². The van der Waals surface area contributed by atoms with E-state index in [1.165, 1.54) is 18.3 Å². The van der Waals surface area contributed by atoms with Crippen molar-refractivity contribution in [3.8, 4) is 0 Å². The van der Waals surface area contributed by atoms with Gasteiger partial charge in [0.1, 0.15) is 0 Å². The largest absolute Gasteiger partial charge is 0.481 e. The van der Waals surface area contributed by atoms with Gasteiger partial charge in [0.25, 0.3) is 0 Å². The number of hydrogen-bond acceptors (Lipinski definition) is 3. The molecule has 1 atom stereocenters. The second kappa shape index (κ2) is 3.84. The lowest BCUT2D eigenvalue weighted by molar-refractivity contribution is -0.140. The molecular formula is C10H11FN2O2. The lowest BCUT2D eigenvalue weighted by Gasteiger charge is -2.16. The fourth-order valence-corrected chi connectivity index (χ4v) is 1.76. The Kier molecular flexibility index (Phi) is 2.53. The first-order chi connectivity index (χ1) is 7.18. The van der Waals surface area contributed by atoms with Crippen molar-refractivity contribution in [2.45, 2.75) is 6.42 Å². The predicted octanol–water partition coefficient (Wildman–Crippen LogP) is 1.13. The number of rotatable bonds is 2. The number of nitrogens with zero attached hydrogens (tertiary/aromatic N) is 2. The van der Waals surface area contributed by atoms with E-state index in [1.807, 2.05) is 0 Å². The van der Waals surface area contributed by atoms with Gasteiger partial charge in [-0.15, -0.1) is 0 Å². The molecule has 1 saturated heterocycles. The number of carboxylic acid groups (broad SMARTS) is 1. The van der Waals surface area contributed by atoms with Crippen molar-refractivity contribution in [3.63, 3.8) is 0 Å². The zero-order valence-electron chi connectivity index (χ0n) is 8.06. The first-order valence-corrected chi connectivity index (χ1v) is 4.77. The fraction of sp³-hybridized carbons (Fsp3) is 0.400. The number of anilines is 1. The summed E-state index contributed by atoms with van der Waals surface area (Å²) in [4.78, 5) is 16.3. The lowest BCUT2D eigenvalue weighted by Crippen LogP contribution is -2.24. The Morgan fingerprint density at radius 2 is 2.47 bits per heavy atom. The molecule has 4 nitrogen and oxygen atoms in total. The van der Waals surface area contributed by atoms with Crippen LogP contribution >= 0.6 is 0 Å². The topological polar surface area (TPSA) is 53.4 Å². The highest BCUT2D eigenvalue weighted by molar-refractivity contribution is 5.71. The van der Waals surface area contributed by atoms with Crippen molar-refractivity contribution in [1.29, 1.82) is 0 Å². The molecule has 1 aliphatic heterocycles. The van der Waals surface area contributed by atoms with Crippen LogP contribution in [0.2, 0.25) is 0 Å². The van der Waals surface area contributed by atoms with E-state index < -0.39 is 17.7 Å². The first kappa shape index (κ1) is 9.89. The van der Waals surface area contributed by atoms with Gasteiger partial charge in [0.05, 0.1) is 5.92 Å². The van der Waals surface area contributed by atoms with E-state index in [0.717, 1.165) is 0 Å². The van der Waals surface area contributed by atoms with Crippen LogP contribution in [0.4, 0.5) is 10.2 Å². The summed E-state index contributed by atoms with van der Waals surface area (Å²) in [5.41, 5.74) is 0. The molecule has 0 saturated carbocycles. The van der Waals surface area contributed by atoms with Gasteiger partial charge in [-0.1, -0.05) is 0 Å². The number of aromatic nitrogens is 1. The SMILES string of the molecule is O=C(O)C1CCN(c2ncccc2F)C1. The van der Waals surface area contributed by atoms with Gasteiger partial charge in [0.15, 0.2) is 11.6 Å². The Hall–Kier alpha value is -1.65. The highest BCUT2D eigenvalue weighted by Gasteiger charge is 2.29. The summed E-state index contributed by atoms with van der Waals surface area (Å²) in [5, 5.41) is 8.81. The molecule has 80 valence electrons. The van der Waals surface area contributed by atoms with Crippen molar-refractivity contribution in [3.05, 3.63) is 24.1 Å². The minimum atomic E-state index is -0.825. The summed E-state index contributed by atoms with van der Waals surface area (Å²) in [7, 11) is 0. The lowest BCUT2D eigenvalue weighted by atomic mass is 10.1. The molecule has 15 heavy (non-hydrogen) atoms. The molecule has 2 heterocycles. The fourth-order valence-electron chi connectivity index (χ4n) is 1.76. The van der Waals surface area contributed by atoms with Crippen molar-refractivity contribution in [1.82, 2.24) is 4.98 Å². The van der Waals surface area contributed by atoms with Crippen LogP contribution in [0.5, 0.6) is 0 Å². The molecule has 0 amide bonds. The maximum Gasteiger partial charge on any atom is 0.308 e. The predicted molar refractivity (Wildman–Crippen MR) is 52.2 cm³/mol. The van der Waals surface area contributed by atoms with E-state index in [2.05, 4.69) is 4.98 Å². The second-order valence-corrected chi connectivity index (χ2v) is 3.58. The summed E-state index contributed by atoms with van der Waals surface area (Å²) in [6.45, 7) is 0.883. The average Bonchev–Trinajstić information content (AvgIpc) is 2.67. The summed E-state index contributed by atoms with van der Waals surface area (Å²) in [5.74, 6) is -1.38. The minimum Gasteiger partial charge on any atom is -0.481 e. The Morgan fingerprint density at radius 3 is 3.07 bits per heavy atom. The maximum atomic E-state index is 13.3. The third-order valence-corrected chi connectivity index (χ3v) is 2.58. The third-order valence-electron chi connectivity index (χ3n) is 2.58. The van der Waals surface area contributed by atoms with Gasteiger partial charge >= 0.3 is 5.97 Å².